The zero-order valence-electron chi connectivity index (χ0n) is 10.7. The number of carbonyl (C=O) groups excluding carboxylic acids is 1. The Hall–Kier alpha value is -1.51. The number of methoxy groups -OCH3 is 2. The zero-order valence-corrected chi connectivity index (χ0v) is 10.7. The molecule has 0 aliphatic rings. The highest BCUT2D eigenvalue weighted by molar-refractivity contribution is 5.68. The molecule has 0 heterocycles. The summed E-state index contributed by atoms with van der Waals surface area (Å²) in [4.78, 5) is 11.0. The van der Waals surface area contributed by atoms with E-state index in [1.54, 1.807) is 7.11 Å². The molecule has 0 saturated heterocycles. The van der Waals surface area contributed by atoms with Gasteiger partial charge in [0.2, 0.25) is 0 Å². The standard InChI is InChI=1S/C14H20O3/c1-11(5-4-6-14(15)17-3)12-7-9-13(16-2)10-8-12/h7-11H,4-6H2,1-3H3/t11-/m1/s1. The molecule has 94 valence electrons. The molecular formula is C14H20O3. The van der Waals surface area contributed by atoms with Crippen molar-refractivity contribution in [3.05, 3.63) is 29.8 Å². The molecule has 17 heavy (non-hydrogen) atoms. The molecule has 1 aromatic rings. The predicted octanol–water partition coefficient (Wildman–Crippen LogP) is 3.14. The van der Waals surface area contributed by atoms with Crippen molar-refractivity contribution in [2.24, 2.45) is 0 Å². The summed E-state index contributed by atoms with van der Waals surface area (Å²) in [7, 11) is 3.09. The fourth-order valence-electron chi connectivity index (χ4n) is 1.75. The normalized spacial score (nSPS) is 11.9. The minimum absolute atomic E-state index is 0.132. The Morgan fingerprint density at radius 1 is 1.24 bits per heavy atom. The molecule has 0 amide bonds. The van der Waals surface area contributed by atoms with Crippen LogP contribution in [0, 0.1) is 0 Å². The number of hydrogen-bond donors (Lipinski definition) is 0. The van der Waals surface area contributed by atoms with E-state index in [4.69, 9.17) is 4.74 Å². The van der Waals surface area contributed by atoms with Gasteiger partial charge in [0.1, 0.15) is 5.75 Å². The summed E-state index contributed by atoms with van der Waals surface area (Å²) < 4.78 is 9.73. The van der Waals surface area contributed by atoms with Crippen molar-refractivity contribution in [2.75, 3.05) is 14.2 Å². The van der Waals surface area contributed by atoms with Gasteiger partial charge in [-0.05, 0) is 36.5 Å². The van der Waals surface area contributed by atoms with Crippen molar-refractivity contribution in [1.29, 1.82) is 0 Å². The molecule has 0 N–H and O–H groups in total. The maximum Gasteiger partial charge on any atom is 0.305 e. The van der Waals surface area contributed by atoms with Crippen molar-refractivity contribution in [1.82, 2.24) is 0 Å². The topological polar surface area (TPSA) is 35.5 Å². The van der Waals surface area contributed by atoms with Gasteiger partial charge in [0.05, 0.1) is 14.2 Å². The lowest BCUT2D eigenvalue weighted by atomic mass is 9.95. The van der Waals surface area contributed by atoms with Crippen molar-refractivity contribution >= 4 is 5.97 Å². The Balaban J connectivity index is 2.40. The second-order valence-corrected chi connectivity index (χ2v) is 4.14. The van der Waals surface area contributed by atoms with Crippen molar-refractivity contribution in [3.8, 4) is 5.75 Å². The maximum absolute atomic E-state index is 11.0. The smallest absolute Gasteiger partial charge is 0.305 e. The molecule has 0 saturated carbocycles. The number of carbonyl (C=O) groups is 1. The minimum Gasteiger partial charge on any atom is -0.497 e. The van der Waals surface area contributed by atoms with Gasteiger partial charge in [-0.25, -0.2) is 0 Å². The van der Waals surface area contributed by atoms with E-state index >= 15 is 0 Å². The lowest BCUT2D eigenvalue weighted by Gasteiger charge is -2.11. The van der Waals surface area contributed by atoms with Gasteiger partial charge in [-0.1, -0.05) is 19.1 Å². The van der Waals surface area contributed by atoms with E-state index < -0.39 is 0 Å². The number of benzene rings is 1. The van der Waals surface area contributed by atoms with Gasteiger partial charge >= 0.3 is 5.97 Å². The first kappa shape index (κ1) is 13.6. The van der Waals surface area contributed by atoms with Gasteiger partial charge in [-0.15, -0.1) is 0 Å². The van der Waals surface area contributed by atoms with Crippen LogP contribution in [-0.2, 0) is 9.53 Å². The molecule has 0 bridgehead atoms. The number of hydrogen-bond acceptors (Lipinski definition) is 3. The average Bonchev–Trinajstić information content (AvgIpc) is 2.38. The molecule has 0 spiro atoms. The zero-order chi connectivity index (χ0) is 12.7. The fraction of sp³-hybridized carbons (Fsp3) is 0.500. The van der Waals surface area contributed by atoms with E-state index in [-0.39, 0.29) is 5.97 Å². The van der Waals surface area contributed by atoms with Crippen LogP contribution in [0.5, 0.6) is 5.75 Å². The van der Waals surface area contributed by atoms with E-state index in [2.05, 4.69) is 23.8 Å². The summed E-state index contributed by atoms with van der Waals surface area (Å²) >= 11 is 0. The molecule has 3 nitrogen and oxygen atoms in total. The average molecular weight is 236 g/mol. The lowest BCUT2D eigenvalue weighted by Crippen LogP contribution is -2.01. The van der Waals surface area contributed by atoms with Crippen LogP contribution in [0.15, 0.2) is 24.3 Å². The van der Waals surface area contributed by atoms with Crippen LogP contribution < -0.4 is 4.74 Å². The number of esters is 1. The summed E-state index contributed by atoms with van der Waals surface area (Å²) in [6, 6.07) is 8.07. The van der Waals surface area contributed by atoms with Crippen LogP contribution in [0.3, 0.4) is 0 Å². The lowest BCUT2D eigenvalue weighted by molar-refractivity contribution is -0.140. The monoisotopic (exact) mass is 236 g/mol. The fourth-order valence-corrected chi connectivity index (χ4v) is 1.75. The first-order valence-electron chi connectivity index (χ1n) is 5.88. The van der Waals surface area contributed by atoms with E-state index in [0.29, 0.717) is 12.3 Å². The summed E-state index contributed by atoms with van der Waals surface area (Å²) in [5, 5.41) is 0. The first-order valence-corrected chi connectivity index (χ1v) is 5.88. The van der Waals surface area contributed by atoms with Gasteiger partial charge in [0.25, 0.3) is 0 Å². The van der Waals surface area contributed by atoms with Crippen LogP contribution in [0.4, 0.5) is 0 Å². The number of ether oxygens (including phenoxy) is 2. The Bertz CT molecular complexity index is 343. The van der Waals surface area contributed by atoms with Gasteiger partial charge in [0, 0.05) is 6.42 Å². The summed E-state index contributed by atoms with van der Waals surface area (Å²) in [5.41, 5.74) is 1.27. The SMILES string of the molecule is COC(=O)CCC[C@@H](C)c1ccc(OC)cc1. The van der Waals surface area contributed by atoms with Crippen LogP contribution in [0.1, 0.15) is 37.7 Å². The Morgan fingerprint density at radius 3 is 2.41 bits per heavy atom. The molecule has 1 atom stereocenters. The van der Waals surface area contributed by atoms with Gasteiger partial charge in [-0.3, -0.25) is 4.79 Å². The second-order valence-electron chi connectivity index (χ2n) is 4.14. The highest BCUT2D eigenvalue weighted by atomic mass is 16.5. The third-order valence-corrected chi connectivity index (χ3v) is 2.93. The van der Waals surface area contributed by atoms with Gasteiger partial charge in [-0.2, -0.15) is 0 Å². The molecule has 0 aliphatic heterocycles. The quantitative estimate of drug-likeness (QED) is 0.712. The molecule has 0 fully saturated rings. The maximum atomic E-state index is 11.0. The van der Waals surface area contributed by atoms with Gasteiger partial charge < -0.3 is 9.47 Å². The van der Waals surface area contributed by atoms with E-state index in [0.717, 1.165) is 18.6 Å². The van der Waals surface area contributed by atoms with Crippen LogP contribution in [0.2, 0.25) is 0 Å². The molecule has 1 rings (SSSR count). The van der Waals surface area contributed by atoms with Crippen LogP contribution in [-0.4, -0.2) is 20.2 Å². The minimum atomic E-state index is -0.132. The molecule has 0 unspecified atom stereocenters. The largest absolute Gasteiger partial charge is 0.497 e. The number of rotatable bonds is 6. The summed E-state index contributed by atoms with van der Waals surface area (Å²) in [6.45, 7) is 2.17. The van der Waals surface area contributed by atoms with Crippen molar-refractivity contribution < 1.29 is 14.3 Å². The molecule has 0 radical (unpaired) electrons. The molecule has 0 aliphatic carbocycles. The highest BCUT2D eigenvalue weighted by Crippen LogP contribution is 2.23. The van der Waals surface area contributed by atoms with Crippen molar-refractivity contribution in [2.45, 2.75) is 32.1 Å². The van der Waals surface area contributed by atoms with E-state index in [1.807, 2.05) is 12.1 Å². The molecule has 1 aromatic carbocycles. The molecule has 3 heteroatoms. The van der Waals surface area contributed by atoms with E-state index in [9.17, 15) is 4.79 Å². The van der Waals surface area contributed by atoms with E-state index in [1.165, 1.54) is 12.7 Å². The van der Waals surface area contributed by atoms with Crippen LogP contribution in [0.25, 0.3) is 0 Å². The molecule has 0 aromatic heterocycles. The Kier molecular flexibility index (Phi) is 5.53. The predicted molar refractivity (Wildman–Crippen MR) is 67.3 cm³/mol. The third-order valence-electron chi connectivity index (χ3n) is 2.93. The molecular weight excluding hydrogens is 216 g/mol. The summed E-state index contributed by atoms with van der Waals surface area (Å²) in [5.74, 6) is 1.19. The van der Waals surface area contributed by atoms with Crippen molar-refractivity contribution in [3.63, 3.8) is 0 Å². The Morgan fingerprint density at radius 2 is 1.88 bits per heavy atom. The second kappa shape index (κ2) is 6.94. The summed E-state index contributed by atoms with van der Waals surface area (Å²) in [6.07, 6.45) is 2.35. The van der Waals surface area contributed by atoms with Gasteiger partial charge in [0.15, 0.2) is 0 Å². The first-order chi connectivity index (χ1) is 8.17. The highest BCUT2D eigenvalue weighted by Gasteiger charge is 2.07. The Labute approximate surface area is 103 Å². The van der Waals surface area contributed by atoms with Crippen LogP contribution >= 0.6 is 0 Å². The third kappa shape index (κ3) is 4.47.